The molecule has 0 radical (unpaired) electrons. The zero-order chi connectivity index (χ0) is 18.5. The molecule has 2 heterocycles. The van der Waals surface area contributed by atoms with Gasteiger partial charge in [-0.15, -0.1) is 24.8 Å². The van der Waals surface area contributed by atoms with Crippen LogP contribution in [0.15, 0.2) is 36.5 Å². The lowest BCUT2D eigenvalue weighted by Crippen LogP contribution is -2.29. The topological polar surface area (TPSA) is 95.7 Å². The lowest BCUT2D eigenvalue weighted by Gasteiger charge is -2.13. The van der Waals surface area contributed by atoms with Crippen molar-refractivity contribution >= 4 is 36.4 Å². The summed E-state index contributed by atoms with van der Waals surface area (Å²) in [5.41, 5.74) is 7.22. The number of hydrogen-bond acceptors (Lipinski definition) is 6. The van der Waals surface area contributed by atoms with Gasteiger partial charge in [-0.1, -0.05) is 6.07 Å². The van der Waals surface area contributed by atoms with Crippen molar-refractivity contribution in [1.82, 2.24) is 4.98 Å². The predicted molar refractivity (Wildman–Crippen MR) is 112 cm³/mol. The maximum atomic E-state index is 12.2. The van der Waals surface area contributed by atoms with E-state index < -0.39 is 6.10 Å². The molecule has 1 aliphatic rings. The third-order valence-corrected chi connectivity index (χ3v) is 4.20. The van der Waals surface area contributed by atoms with Gasteiger partial charge in [0.05, 0.1) is 25.1 Å². The molecule has 7 nitrogen and oxygen atoms in total. The Morgan fingerprint density at radius 3 is 2.64 bits per heavy atom. The molecule has 0 aliphatic carbocycles. The quantitative estimate of drug-likeness (QED) is 0.729. The molecule has 2 aromatic rings. The van der Waals surface area contributed by atoms with Gasteiger partial charge in [0.15, 0.2) is 11.5 Å². The van der Waals surface area contributed by atoms with Crippen LogP contribution < -0.4 is 20.5 Å². The van der Waals surface area contributed by atoms with Crippen molar-refractivity contribution < 1.29 is 19.0 Å². The van der Waals surface area contributed by atoms with Crippen molar-refractivity contribution in [2.45, 2.75) is 32.0 Å². The van der Waals surface area contributed by atoms with E-state index in [-0.39, 0.29) is 36.8 Å². The number of ether oxygens (including phenoxy) is 3. The van der Waals surface area contributed by atoms with Crippen LogP contribution >= 0.6 is 24.8 Å². The van der Waals surface area contributed by atoms with Crippen molar-refractivity contribution in [2.75, 3.05) is 19.0 Å². The second kappa shape index (κ2) is 11.1. The molecular weight excluding hydrogens is 405 g/mol. The van der Waals surface area contributed by atoms with Crippen molar-refractivity contribution in [3.63, 3.8) is 0 Å². The Hall–Kier alpha value is -2.06. The van der Waals surface area contributed by atoms with Crippen LogP contribution in [0.5, 0.6) is 17.4 Å². The second-order valence-electron chi connectivity index (χ2n) is 6.19. The Morgan fingerprint density at radius 1 is 1.25 bits per heavy atom. The molecule has 0 spiro atoms. The number of halogens is 2. The molecule has 0 saturated carbocycles. The Kier molecular flexibility index (Phi) is 9.48. The van der Waals surface area contributed by atoms with Crippen LogP contribution in [-0.2, 0) is 9.53 Å². The molecule has 154 valence electrons. The molecule has 1 aromatic carbocycles. The van der Waals surface area contributed by atoms with E-state index in [2.05, 4.69) is 10.3 Å². The van der Waals surface area contributed by atoms with Gasteiger partial charge in [0.1, 0.15) is 6.10 Å². The molecule has 0 unspecified atom stereocenters. The van der Waals surface area contributed by atoms with E-state index in [0.717, 1.165) is 12.0 Å². The summed E-state index contributed by atoms with van der Waals surface area (Å²) in [6.45, 7) is 2.41. The minimum atomic E-state index is -0.462. The highest BCUT2D eigenvalue weighted by molar-refractivity contribution is 5.94. The summed E-state index contributed by atoms with van der Waals surface area (Å²) in [5, 5.41) is 2.80. The van der Waals surface area contributed by atoms with Gasteiger partial charge in [0.25, 0.3) is 5.91 Å². The summed E-state index contributed by atoms with van der Waals surface area (Å²) in [7, 11) is 1.59. The number of hydrogen-bond donors (Lipinski definition) is 2. The van der Waals surface area contributed by atoms with E-state index in [1.165, 1.54) is 0 Å². The molecule has 3 rings (SSSR count). The Labute approximate surface area is 176 Å². The number of aromatic nitrogens is 1. The van der Waals surface area contributed by atoms with Gasteiger partial charge in [-0.05, 0) is 43.5 Å². The van der Waals surface area contributed by atoms with Crippen molar-refractivity contribution in [3.05, 3.63) is 42.1 Å². The minimum absolute atomic E-state index is 0. The smallest absolute Gasteiger partial charge is 0.253 e. The van der Waals surface area contributed by atoms with Gasteiger partial charge < -0.3 is 25.3 Å². The molecule has 3 N–H and O–H groups in total. The monoisotopic (exact) mass is 429 g/mol. The van der Waals surface area contributed by atoms with Crippen LogP contribution in [0.1, 0.15) is 18.4 Å². The number of pyridine rings is 1. The maximum Gasteiger partial charge on any atom is 0.253 e. The summed E-state index contributed by atoms with van der Waals surface area (Å²) < 4.78 is 16.7. The number of benzene rings is 1. The van der Waals surface area contributed by atoms with E-state index in [4.69, 9.17) is 19.9 Å². The standard InChI is InChI=1S/C19H23N3O4.2ClH/c1-12-3-6-15(17(9-12)24-2)26-18-8-4-13(11-21-18)22-19(23)16-7-5-14(10-20)25-16;;/h3-4,6,8-9,11,14,16H,5,7,10,20H2,1-2H3,(H,22,23);2*1H/t14-,16+;;/m1../s1. The van der Waals surface area contributed by atoms with Gasteiger partial charge in [-0.2, -0.15) is 0 Å². The number of carbonyl (C=O) groups excluding carboxylic acids is 1. The van der Waals surface area contributed by atoms with E-state index in [1.807, 2.05) is 25.1 Å². The molecule has 28 heavy (non-hydrogen) atoms. The number of nitrogens with one attached hydrogen (secondary N) is 1. The SMILES string of the molecule is COc1cc(C)ccc1Oc1ccc(NC(=O)[C@@H]2CC[C@H](CN)O2)cn1.Cl.Cl. The number of anilines is 1. The van der Waals surface area contributed by atoms with Crippen LogP contribution in [0.4, 0.5) is 5.69 Å². The summed E-state index contributed by atoms with van der Waals surface area (Å²) in [4.78, 5) is 16.4. The molecule has 2 atom stereocenters. The third kappa shape index (κ3) is 5.97. The normalized spacial score (nSPS) is 17.8. The number of carbonyl (C=O) groups is 1. The van der Waals surface area contributed by atoms with Gasteiger partial charge in [0, 0.05) is 12.6 Å². The van der Waals surface area contributed by atoms with Crippen LogP contribution in [0.2, 0.25) is 0 Å². The largest absolute Gasteiger partial charge is 0.493 e. The van der Waals surface area contributed by atoms with Crippen molar-refractivity contribution in [1.29, 1.82) is 0 Å². The number of amides is 1. The van der Waals surface area contributed by atoms with Crippen LogP contribution in [0.3, 0.4) is 0 Å². The fourth-order valence-electron chi connectivity index (χ4n) is 2.78. The Bertz CT molecular complexity index is 774. The molecule has 0 bridgehead atoms. The summed E-state index contributed by atoms with van der Waals surface area (Å²) in [6, 6.07) is 9.07. The zero-order valence-electron chi connectivity index (χ0n) is 15.7. The maximum absolute atomic E-state index is 12.2. The van der Waals surface area contributed by atoms with Crippen molar-refractivity contribution in [2.24, 2.45) is 5.73 Å². The van der Waals surface area contributed by atoms with E-state index >= 15 is 0 Å². The molecule has 1 fully saturated rings. The van der Waals surface area contributed by atoms with E-state index in [9.17, 15) is 4.79 Å². The second-order valence-corrected chi connectivity index (χ2v) is 6.19. The highest BCUT2D eigenvalue weighted by Gasteiger charge is 2.29. The highest BCUT2D eigenvalue weighted by atomic mass is 35.5. The lowest BCUT2D eigenvalue weighted by molar-refractivity contribution is -0.126. The lowest BCUT2D eigenvalue weighted by atomic mass is 10.2. The molecular formula is C19H25Cl2N3O4. The predicted octanol–water partition coefficient (Wildman–Crippen LogP) is 3.48. The first-order valence-electron chi connectivity index (χ1n) is 8.54. The highest BCUT2D eigenvalue weighted by Crippen LogP contribution is 2.31. The van der Waals surface area contributed by atoms with Crippen LogP contribution in [0, 0.1) is 6.92 Å². The first-order chi connectivity index (χ1) is 12.6. The summed E-state index contributed by atoms with van der Waals surface area (Å²) in [5.74, 6) is 1.44. The average molecular weight is 430 g/mol. The van der Waals surface area contributed by atoms with Gasteiger partial charge in [-0.3, -0.25) is 4.79 Å². The van der Waals surface area contributed by atoms with Crippen molar-refractivity contribution in [3.8, 4) is 17.4 Å². The fourth-order valence-corrected chi connectivity index (χ4v) is 2.78. The number of nitrogens with two attached hydrogens (primary N) is 1. The Morgan fingerprint density at radius 2 is 2.04 bits per heavy atom. The number of methoxy groups -OCH3 is 1. The van der Waals surface area contributed by atoms with Crippen LogP contribution in [-0.4, -0.2) is 36.8 Å². The molecule has 1 aliphatic heterocycles. The zero-order valence-corrected chi connectivity index (χ0v) is 17.3. The summed E-state index contributed by atoms with van der Waals surface area (Å²) in [6.07, 6.45) is 2.53. The van der Waals surface area contributed by atoms with E-state index in [0.29, 0.717) is 36.0 Å². The number of aryl methyl sites for hydroxylation is 1. The van der Waals surface area contributed by atoms with E-state index in [1.54, 1.807) is 25.4 Å². The fraction of sp³-hybridized carbons (Fsp3) is 0.368. The first kappa shape index (κ1) is 24.0. The molecule has 1 aromatic heterocycles. The third-order valence-electron chi connectivity index (χ3n) is 4.20. The number of nitrogens with zero attached hydrogens (tertiary/aromatic N) is 1. The first-order valence-corrected chi connectivity index (χ1v) is 8.54. The minimum Gasteiger partial charge on any atom is -0.493 e. The number of rotatable bonds is 6. The van der Waals surface area contributed by atoms with Gasteiger partial charge in [0.2, 0.25) is 5.88 Å². The molecule has 1 amide bonds. The Balaban J connectivity index is 0.00000196. The van der Waals surface area contributed by atoms with Gasteiger partial charge >= 0.3 is 0 Å². The van der Waals surface area contributed by atoms with Crippen LogP contribution in [0.25, 0.3) is 0 Å². The van der Waals surface area contributed by atoms with Gasteiger partial charge in [-0.25, -0.2) is 4.98 Å². The molecule has 9 heteroatoms. The summed E-state index contributed by atoms with van der Waals surface area (Å²) >= 11 is 0. The molecule has 1 saturated heterocycles. The average Bonchev–Trinajstić information content (AvgIpc) is 3.14.